The second-order valence-corrected chi connectivity index (χ2v) is 4.93. The number of nitrogens with zero attached hydrogens (tertiary/aromatic N) is 2. The molecular weight excluding hydrogens is 242 g/mol. The van der Waals surface area contributed by atoms with Gasteiger partial charge in [-0.25, -0.2) is 0 Å². The van der Waals surface area contributed by atoms with Crippen molar-refractivity contribution >= 4 is 22.2 Å². The van der Waals surface area contributed by atoms with Crippen molar-refractivity contribution in [3.05, 3.63) is 27.1 Å². The number of nitrogens with one attached hydrogen (secondary N) is 1. The van der Waals surface area contributed by atoms with Gasteiger partial charge in [0.25, 0.3) is 5.91 Å². The number of hydrogen-bond acceptors (Lipinski definition) is 5. The lowest BCUT2D eigenvalue weighted by atomic mass is 10.2. The van der Waals surface area contributed by atoms with E-state index < -0.39 is 4.92 Å². The second kappa shape index (κ2) is 4.80. The predicted molar refractivity (Wildman–Crippen MR) is 64.3 cm³/mol. The van der Waals surface area contributed by atoms with E-state index in [1.54, 1.807) is 10.3 Å². The molecule has 1 aromatic rings. The Morgan fingerprint density at radius 2 is 2.47 bits per heavy atom. The Morgan fingerprint density at radius 3 is 3.06 bits per heavy atom. The van der Waals surface area contributed by atoms with Crippen molar-refractivity contribution < 1.29 is 9.72 Å². The van der Waals surface area contributed by atoms with E-state index in [4.69, 9.17) is 0 Å². The van der Waals surface area contributed by atoms with Crippen LogP contribution >= 0.6 is 11.3 Å². The highest BCUT2D eigenvalue weighted by Crippen LogP contribution is 2.23. The van der Waals surface area contributed by atoms with Crippen LogP contribution in [-0.2, 0) is 0 Å². The van der Waals surface area contributed by atoms with Crippen molar-refractivity contribution in [1.82, 2.24) is 10.2 Å². The summed E-state index contributed by atoms with van der Waals surface area (Å²) in [6, 6.07) is 1.61. The first-order valence-electron chi connectivity index (χ1n) is 5.33. The summed E-state index contributed by atoms with van der Waals surface area (Å²) < 4.78 is 0. The van der Waals surface area contributed by atoms with Gasteiger partial charge in [0.15, 0.2) is 0 Å². The van der Waals surface area contributed by atoms with Gasteiger partial charge in [0.05, 0.1) is 10.5 Å². The molecular formula is C10H13N3O3S. The minimum atomic E-state index is -0.470. The zero-order chi connectivity index (χ0) is 12.4. The maximum atomic E-state index is 12.1. The number of carbonyl (C=O) groups is 1. The van der Waals surface area contributed by atoms with E-state index in [0.29, 0.717) is 18.7 Å². The molecule has 1 aliphatic rings. The highest BCUT2D eigenvalue weighted by molar-refractivity contribution is 7.13. The molecule has 0 aliphatic carbocycles. The second-order valence-electron chi connectivity index (χ2n) is 4.04. The van der Waals surface area contributed by atoms with Crippen LogP contribution in [0.25, 0.3) is 0 Å². The van der Waals surface area contributed by atoms with E-state index in [1.807, 2.05) is 6.92 Å². The molecule has 1 fully saturated rings. The highest BCUT2D eigenvalue weighted by Gasteiger charge is 2.23. The Bertz CT molecular complexity index is 446. The van der Waals surface area contributed by atoms with E-state index in [0.717, 1.165) is 17.9 Å². The standard InChI is InChI=1S/C10H13N3O3S/c1-7-5-12(3-2-11-7)10(14)8-4-9(13(15)16)17-6-8/h4,6-7,11H,2-3,5H2,1H3/t7-/m1/s1. The number of amides is 1. The minimum Gasteiger partial charge on any atom is -0.336 e. The van der Waals surface area contributed by atoms with Gasteiger partial charge in [-0.05, 0) is 6.92 Å². The third-order valence-corrected chi connectivity index (χ3v) is 3.55. The summed E-state index contributed by atoms with van der Waals surface area (Å²) in [4.78, 5) is 23.9. The zero-order valence-electron chi connectivity index (χ0n) is 9.38. The SMILES string of the molecule is C[C@@H]1CN(C(=O)c2csc([N+](=O)[O-])c2)CCN1. The van der Waals surface area contributed by atoms with Crippen molar-refractivity contribution in [2.24, 2.45) is 0 Å². The van der Waals surface area contributed by atoms with E-state index >= 15 is 0 Å². The molecule has 2 heterocycles. The van der Waals surface area contributed by atoms with Crippen LogP contribution in [0.4, 0.5) is 5.00 Å². The normalized spacial score (nSPS) is 20.3. The van der Waals surface area contributed by atoms with Crippen molar-refractivity contribution in [3.63, 3.8) is 0 Å². The van der Waals surface area contributed by atoms with Gasteiger partial charge in [0, 0.05) is 37.1 Å². The molecule has 1 aromatic heterocycles. The summed E-state index contributed by atoms with van der Waals surface area (Å²) in [5.41, 5.74) is 0.413. The van der Waals surface area contributed by atoms with Crippen LogP contribution < -0.4 is 5.32 Å². The Balaban J connectivity index is 2.10. The first-order chi connectivity index (χ1) is 8.08. The smallest absolute Gasteiger partial charge is 0.324 e. The van der Waals surface area contributed by atoms with Gasteiger partial charge in [0.1, 0.15) is 0 Å². The lowest BCUT2D eigenvalue weighted by molar-refractivity contribution is -0.380. The molecule has 2 rings (SSSR count). The summed E-state index contributed by atoms with van der Waals surface area (Å²) in [5, 5.41) is 15.3. The summed E-state index contributed by atoms with van der Waals surface area (Å²) in [7, 11) is 0. The highest BCUT2D eigenvalue weighted by atomic mass is 32.1. The fourth-order valence-electron chi connectivity index (χ4n) is 1.83. The van der Waals surface area contributed by atoms with Gasteiger partial charge in [-0.15, -0.1) is 0 Å². The monoisotopic (exact) mass is 255 g/mol. The van der Waals surface area contributed by atoms with Crippen LogP contribution in [0, 0.1) is 10.1 Å². The molecule has 6 nitrogen and oxygen atoms in total. The summed E-state index contributed by atoms with van der Waals surface area (Å²) in [6.45, 7) is 4.06. The molecule has 0 aromatic carbocycles. The maximum absolute atomic E-state index is 12.1. The van der Waals surface area contributed by atoms with Crippen LogP contribution in [0.3, 0.4) is 0 Å². The van der Waals surface area contributed by atoms with Gasteiger partial charge in [0.2, 0.25) is 0 Å². The lowest BCUT2D eigenvalue weighted by Gasteiger charge is -2.31. The van der Waals surface area contributed by atoms with E-state index in [1.165, 1.54) is 6.07 Å². The molecule has 1 atom stereocenters. The maximum Gasteiger partial charge on any atom is 0.324 e. The van der Waals surface area contributed by atoms with E-state index in [9.17, 15) is 14.9 Å². The van der Waals surface area contributed by atoms with Gasteiger partial charge >= 0.3 is 5.00 Å². The molecule has 7 heteroatoms. The molecule has 0 radical (unpaired) electrons. The summed E-state index contributed by atoms with van der Waals surface area (Å²) >= 11 is 0.989. The zero-order valence-corrected chi connectivity index (χ0v) is 10.2. The van der Waals surface area contributed by atoms with Gasteiger partial charge < -0.3 is 10.2 Å². The van der Waals surface area contributed by atoms with Crippen LogP contribution in [-0.4, -0.2) is 41.4 Å². The van der Waals surface area contributed by atoms with Crippen LogP contribution in [0.5, 0.6) is 0 Å². The lowest BCUT2D eigenvalue weighted by Crippen LogP contribution is -2.51. The quantitative estimate of drug-likeness (QED) is 0.634. The van der Waals surface area contributed by atoms with Crippen molar-refractivity contribution in [1.29, 1.82) is 0 Å². The van der Waals surface area contributed by atoms with Crippen molar-refractivity contribution in [3.8, 4) is 0 Å². The number of carbonyl (C=O) groups excluding carboxylic acids is 1. The number of thiophene rings is 1. The van der Waals surface area contributed by atoms with E-state index in [2.05, 4.69) is 5.32 Å². The third-order valence-electron chi connectivity index (χ3n) is 2.67. The Kier molecular flexibility index (Phi) is 3.39. The average molecular weight is 255 g/mol. The fourth-order valence-corrected chi connectivity index (χ4v) is 2.53. The van der Waals surface area contributed by atoms with Crippen LogP contribution in [0.1, 0.15) is 17.3 Å². The van der Waals surface area contributed by atoms with Crippen LogP contribution in [0.2, 0.25) is 0 Å². The largest absolute Gasteiger partial charge is 0.336 e. The molecule has 1 saturated heterocycles. The predicted octanol–water partition coefficient (Wildman–Crippen LogP) is 1.09. The molecule has 1 N–H and O–H groups in total. The Hall–Kier alpha value is -1.47. The van der Waals surface area contributed by atoms with Crippen LogP contribution in [0.15, 0.2) is 11.4 Å². The topological polar surface area (TPSA) is 75.5 Å². The number of hydrogen-bond donors (Lipinski definition) is 1. The number of piperazine rings is 1. The fraction of sp³-hybridized carbons (Fsp3) is 0.500. The molecule has 0 saturated carbocycles. The molecule has 1 aliphatic heterocycles. The van der Waals surface area contributed by atoms with Gasteiger partial charge in [-0.2, -0.15) is 0 Å². The molecule has 0 spiro atoms. The Morgan fingerprint density at radius 1 is 1.71 bits per heavy atom. The molecule has 1 amide bonds. The minimum absolute atomic E-state index is 0.0107. The number of nitro groups is 1. The van der Waals surface area contributed by atoms with Gasteiger partial charge in [-0.3, -0.25) is 14.9 Å². The Labute approximate surface area is 102 Å². The average Bonchev–Trinajstić information content (AvgIpc) is 2.77. The van der Waals surface area contributed by atoms with Gasteiger partial charge in [-0.1, -0.05) is 11.3 Å². The van der Waals surface area contributed by atoms with E-state index in [-0.39, 0.29) is 17.0 Å². The summed E-state index contributed by atoms with van der Waals surface area (Å²) in [5.74, 6) is -0.122. The summed E-state index contributed by atoms with van der Waals surface area (Å²) in [6.07, 6.45) is 0. The molecule has 17 heavy (non-hydrogen) atoms. The first kappa shape index (κ1) is 12.0. The molecule has 0 bridgehead atoms. The first-order valence-corrected chi connectivity index (χ1v) is 6.21. The third kappa shape index (κ3) is 2.62. The number of rotatable bonds is 2. The molecule has 92 valence electrons. The molecule has 0 unspecified atom stereocenters. The van der Waals surface area contributed by atoms with Crippen molar-refractivity contribution in [2.45, 2.75) is 13.0 Å². The van der Waals surface area contributed by atoms with Crippen molar-refractivity contribution in [2.75, 3.05) is 19.6 Å².